The highest BCUT2D eigenvalue weighted by atomic mass is 32.2. The van der Waals surface area contributed by atoms with E-state index in [2.05, 4.69) is 9.72 Å². The Morgan fingerprint density at radius 3 is 2.82 bits per heavy atom. The van der Waals surface area contributed by atoms with Crippen LogP contribution in [0, 0.1) is 6.92 Å². The fourth-order valence-corrected chi connectivity index (χ4v) is 2.20. The van der Waals surface area contributed by atoms with Crippen molar-refractivity contribution in [2.24, 2.45) is 0 Å². The van der Waals surface area contributed by atoms with Crippen molar-refractivity contribution < 1.29 is 19.4 Å². The summed E-state index contributed by atoms with van der Waals surface area (Å²) in [7, 11) is 1.33. The SMILES string of the molecule is COC(=O)CCSc1cc(C)ncc1C(=O)O. The molecule has 1 heterocycles. The van der Waals surface area contributed by atoms with E-state index in [4.69, 9.17) is 5.11 Å². The molecule has 1 N–H and O–H groups in total. The van der Waals surface area contributed by atoms with Crippen LogP contribution in [0.5, 0.6) is 0 Å². The van der Waals surface area contributed by atoms with Crippen LogP contribution in [-0.2, 0) is 9.53 Å². The summed E-state index contributed by atoms with van der Waals surface area (Å²) in [5, 5.41) is 8.97. The van der Waals surface area contributed by atoms with Crippen molar-refractivity contribution in [2.45, 2.75) is 18.2 Å². The number of ether oxygens (including phenoxy) is 1. The van der Waals surface area contributed by atoms with E-state index in [0.29, 0.717) is 10.6 Å². The molecule has 0 spiro atoms. The van der Waals surface area contributed by atoms with Gasteiger partial charge < -0.3 is 9.84 Å². The minimum absolute atomic E-state index is 0.158. The molecule has 0 saturated heterocycles. The zero-order valence-corrected chi connectivity index (χ0v) is 10.4. The largest absolute Gasteiger partial charge is 0.478 e. The maximum atomic E-state index is 10.9. The van der Waals surface area contributed by atoms with E-state index < -0.39 is 5.97 Å². The summed E-state index contributed by atoms with van der Waals surface area (Å²) in [6, 6.07) is 1.70. The molecule has 1 aromatic heterocycles. The number of methoxy groups -OCH3 is 1. The number of thioether (sulfide) groups is 1. The molecular formula is C11H13NO4S. The Balaban J connectivity index is 2.72. The average molecular weight is 255 g/mol. The number of carboxylic acids is 1. The van der Waals surface area contributed by atoms with Crippen molar-refractivity contribution in [3.8, 4) is 0 Å². The molecule has 0 atom stereocenters. The van der Waals surface area contributed by atoms with Crippen molar-refractivity contribution >= 4 is 23.7 Å². The first-order chi connectivity index (χ1) is 8.04. The van der Waals surface area contributed by atoms with E-state index in [1.165, 1.54) is 25.1 Å². The number of aromatic carboxylic acids is 1. The number of esters is 1. The van der Waals surface area contributed by atoms with Crippen LogP contribution in [0.1, 0.15) is 22.5 Å². The molecule has 0 amide bonds. The lowest BCUT2D eigenvalue weighted by Crippen LogP contribution is -2.03. The lowest BCUT2D eigenvalue weighted by atomic mass is 10.2. The van der Waals surface area contributed by atoms with Gasteiger partial charge in [-0.25, -0.2) is 4.79 Å². The topological polar surface area (TPSA) is 76.5 Å². The van der Waals surface area contributed by atoms with E-state index in [0.717, 1.165) is 5.69 Å². The third kappa shape index (κ3) is 4.07. The molecule has 92 valence electrons. The summed E-state index contributed by atoms with van der Waals surface area (Å²) in [6.07, 6.45) is 1.58. The third-order valence-electron chi connectivity index (χ3n) is 2.02. The van der Waals surface area contributed by atoms with Gasteiger partial charge in [0.2, 0.25) is 0 Å². The van der Waals surface area contributed by atoms with Crippen molar-refractivity contribution in [1.29, 1.82) is 0 Å². The van der Waals surface area contributed by atoms with Crippen molar-refractivity contribution in [3.63, 3.8) is 0 Å². The highest BCUT2D eigenvalue weighted by Gasteiger charge is 2.12. The van der Waals surface area contributed by atoms with Gasteiger partial charge in [-0.3, -0.25) is 9.78 Å². The van der Waals surface area contributed by atoms with Crippen molar-refractivity contribution in [2.75, 3.05) is 12.9 Å². The Hall–Kier alpha value is -1.56. The van der Waals surface area contributed by atoms with Gasteiger partial charge in [-0.05, 0) is 13.0 Å². The van der Waals surface area contributed by atoms with Crippen LogP contribution >= 0.6 is 11.8 Å². The number of hydrogen-bond acceptors (Lipinski definition) is 5. The second kappa shape index (κ2) is 6.24. The van der Waals surface area contributed by atoms with E-state index >= 15 is 0 Å². The minimum Gasteiger partial charge on any atom is -0.478 e. The predicted molar refractivity (Wildman–Crippen MR) is 63.3 cm³/mol. The number of rotatable bonds is 5. The Morgan fingerprint density at radius 1 is 1.53 bits per heavy atom. The van der Waals surface area contributed by atoms with Crippen LogP contribution < -0.4 is 0 Å². The molecule has 0 saturated carbocycles. The van der Waals surface area contributed by atoms with Crippen molar-refractivity contribution in [3.05, 3.63) is 23.5 Å². The van der Waals surface area contributed by atoms with Crippen LogP contribution in [0.15, 0.2) is 17.2 Å². The van der Waals surface area contributed by atoms with Gasteiger partial charge in [-0.2, -0.15) is 0 Å². The van der Waals surface area contributed by atoms with E-state index in [1.807, 2.05) is 0 Å². The molecule has 0 bridgehead atoms. The maximum absolute atomic E-state index is 10.9. The molecule has 17 heavy (non-hydrogen) atoms. The number of carbonyl (C=O) groups excluding carboxylic acids is 1. The van der Waals surface area contributed by atoms with Crippen molar-refractivity contribution in [1.82, 2.24) is 4.98 Å². The van der Waals surface area contributed by atoms with Gasteiger partial charge in [-0.15, -0.1) is 11.8 Å². The van der Waals surface area contributed by atoms with Gasteiger partial charge in [-0.1, -0.05) is 0 Å². The van der Waals surface area contributed by atoms with E-state index in [1.54, 1.807) is 13.0 Å². The number of pyridine rings is 1. The average Bonchev–Trinajstić information content (AvgIpc) is 2.28. The van der Waals surface area contributed by atoms with Crippen LogP contribution in [0.4, 0.5) is 0 Å². The Bertz CT molecular complexity index is 433. The quantitative estimate of drug-likeness (QED) is 0.638. The normalized spacial score (nSPS) is 10.0. The molecule has 0 aliphatic rings. The lowest BCUT2D eigenvalue weighted by Gasteiger charge is -2.05. The second-order valence-corrected chi connectivity index (χ2v) is 4.44. The second-order valence-electron chi connectivity index (χ2n) is 3.30. The Labute approximate surface area is 103 Å². The van der Waals surface area contributed by atoms with Gasteiger partial charge in [0.15, 0.2) is 0 Å². The zero-order chi connectivity index (χ0) is 12.8. The molecule has 1 aromatic rings. The number of aryl methyl sites for hydroxylation is 1. The Kier molecular flexibility index (Phi) is 4.96. The number of carbonyl (C=O) groups is 2. The predicted octanol–water partition coefficient (Wildman–Crippen LogP) is 1.74. The van der Waals surface area contributed by atoms with Gasteiger partial charge >= 0.3 is 11.9 Å². The standard InChI is InChI=1S/C11H13NO4S/c1-7-5-9(8(6-12-7)11(14)15)17-4-3-10(13)16-2/h5-6H,3-4H2,1-2H3,(H,14,15). The summed E-state index contributed by atoms with van der Waals surface area (Å²) in [6.45, 7) is 1.79. The molecule has 0 aromatic carbocycles. The van der Waals surface area contributed by atoms with Gasteiger partial charge in [0.05, 0.1) is 19.1 Å². The summed E-state index contributed by atoms with van der Waals surface area (Å²) in [5.41, 5.74) is 0.904. The lowest BCUT2D eigenvalue weighted by molar-refractivity contribution is -0.140. The number of carboxylic acid groups (broad SMARTS) is 1. The zero-order valence-electron chi connectivity index (χ0n) is 9.60. The molecule has 1 rings (SSSR count). The van der Waals surface area contributed by atoms with Crippen LogP contribution in [0.2, 0.25) is 0 Å². The minimum atomic E-state index is -1.02. The molecule has 5 nitrogen and oxygen atoms in total. The first-order valence-corrected chi connectivity index (χ1v) is 5.92. The van der Waals surface area contributed by atoms with Gasteiger partial charge in [0.25, 0.3) is 0 Å². The molecule has 0 unspecified atom stereocenters. The smallest absolute Gasteiger partial charge is 0.338 e. The fraction of sp³-hybridized carbons (Fsp3) is 0.364. The summed E-state index contributed by atoms with van der Waals surface area (Å²) >= 11 is 1.31. The molecule has 0 fully saturated rings. The van der Waals surface area contributed by atoms with Gasteiger partial charge in [0.1, 0.15) is 0 Å². The number of hydrogen-bond donors (Lipinski definition) is 1. The monoisotopic (exact) mass is 255 g/mol. The summed E-state index contributed by atoms with van der Waals surface area (Å²) < 4.78 is 4.51. The fourth-order valence-electron chi connectivity index (χ4n) is 1.16. The first kappa shape index (κ1) is 13.5. The molecular weight excluding hydrogens is 242 g/mol. The maximum Gasteiger partial charge on any atom is 0.338 e. The van der Waals surface area contributed by atoms with Crippen LogP contribution in [0.25, 0.3) is 0 Å². The van der Waals surface area contributed by atoms with E-state index in [-0.39, 0.29) is 18.0 Å². The van der Waals surface area contributed by atoms with Crippen LogP contribution in [0.3, 0.4) is 0 Å². The van der Waals surface area contributed by atoms with Gasteiger partial charge in [0, 0.05) is 22.5 Å². The highest BCUT2D eigenvalue weighted by molar-refractivity contribution is 7.99. The summed E-state index contributed by atoms with van der Waals surface area (Å²) in [4.78, 5) is 26.4. The third-order valence-corrected chi connectivity index (χ3v) is 3.08. The molecule has 0 aliphatic heterocycles. The molecule has 0 aliphatic carbocycles. The van der Waals surface area contributed by atoms with Crippen LogP contribution in [-0.4, -0.2) is 34.9 Å². The first-order valence-electron chi connectivity index (χ1n) is 4.94. The molecule has 0 radical (unpaired) electrons. The summed E-state index contributed by atoms with van der Waals surface area (Å²) in [5.74, 6) is -0.839. The number of nitrogens with zero attached hydrogens (tertiary/aromatic N) is 1. The highest BCUT2D eigenvalue weighted by Crippen LogP contribution is 2.23. The Morgan fingerprint density at radius 2 is 2.24 bits per heavy atom. The molecule has 6 heteroatoms. The van der Waals surface area contributed by atoms with E-state index in [9.17, 15) is 9.59 Å². The number of aromatic nitrogens is 1.